The Kier molecular flexibility index (Phi) is 5.87. The zero-order valence-electron chi connectivity index (χ0n) is 18.1. The fourth-order valence-electron chi connectivity index (χ4n) is 4.45. The van der Waals surface area contributed by atoms with E-state index in [9.17, 15) is 18.0 Å². The van der Waals surface area contributed by atoms with E-state index >= 15 is 0 Å². The van der Waals surface area contributed by atoms with Crippen molar-refractivity contribution in [2.24, 2.45) is 0 Å². The monoisotopic (exact) mass is 469 g/mol. The number of fused-ring (bicyclic) bond motifs is 2. The third kappa shape index (κ3) is 4.84. The minimum absolute atomic E-state index is 0.0332. The molecular weight excluding hydrogens is 447 g/mol. The molecule has 2 bridgehead atoms. The Bertz CT molecular complexity index is 1140. The Morgan fingerprint density at radius 1 is 0.941 bits per heavy atom. The van der Waals surface area contributed by atoms with Gasteiger partial charge in [0, 0.05) is 44.0 Å². The maximum Gasteiger partial charge on any atom is 0.417 e. The third-order valence-electron chi connectivity index (χ3n) is 6.13. The number of likely N-dealkylation sites (tertiary alicyclic amines) is 2. The molecule has 1 amide bonds. The summed E-state index contributed by atoms with van der Waals surface area (Å²) in [5.74, 6) is 0.761. The van der Waals surface area contributed by atoms with Crippen LogP contribution in [-0.2, 0) is 12.7 Å². The summed E-state index contributed by atoms with van der Waals surface area (Å²) in [7, 11) is 0. The second kappa shape index (κ2) is 8.98. The first-order valence-corrected chi connectivity index (χ1v) is 10.9. The van der Waals surface area contributed by atoms with Gasteiger partial charge < -0.3 is 14.4 Å². The molecule has 6 nitrogen and oxygen atoms in total. The first-order valence-electron chi connectivity index (χ1n) is 10.9. The van der Waals surface area contributed by atoms with Crippen molar-refractivity contribution in [1.29, 1.82) is 0 Å². The largest absolute Gasteiger partial charge is 0.439 e. The Morgan fingerprint density at radius 3 is 2.29 bits per heavy atom. The number of amides is 1. The topological polar surface area (TPSA) is 54.9 Å². The van der Waals surface area contributed by atoms with E-state index in [1.807, 2.05) is 18.2 Å². The first-order chi connectivity index (χ1) is 16.3. The highest BCUT2D eigenvalue weighted by Gasteiger charge is 2.45. The molecule has 2 aliphatic heterocycles. The van der Waals surface area contributed by atoms with Crippen LogP contribution in [0.3, 0.4) is 0 Å². The highest BCUT2D eigenvalue weighted by molar-refractivity contribution is 5.72. The van der Waals surface area contributed by atoms with Crippen molar-refractivity contribution in [2.45, 2.75) is 31.2 Å². The van der Waals surface area contributed by atoms with Crippen molar-refractivity contribution >= 4 is 6.09 Å². The fourth-order valence-corrected chi connectivity index (χ4v) is 4.45. The second-order valence-corrected chi connectivity index (χ2v) is 8.44. The van der Waals surface area contributed by atoms with Crippen LogP contribution in [0.1, 0.15) is 17.5 Å². The summed E-state index contributed by atoms with van der Waals surface area (Å²) < 4.78 is 48.9. The molecule has 2 unspecified atom stereocenters. The van der Waals surface area contributed by atoms with Gasteiger partial charge in [-0.15, -0.1) is 0 Å². The van der Waals surface area contributed by atoms with Crippen LogP contribution in [-0.4, -0.2) is 46.1 Å². The number of benzene rings is 2. The van der Waals surface area contributed by atoms with E-state index in [0.29, 0.717) is 24.1 Å². The van der Waals surface area contributed by atoms with Gasteiger partial charge in [-0.1, -0.05) is 30.3 Å². The lowest BCUT2D eigenvalue weighted by Gasteiger charge is -2.33. The summed E-state index contributed by atoms with van der Waals surface area (Å²) in [6, 6.07) is 19.1. The van der Waals surface area contributed by atoms with Gasteiger partial charge in [0.25, 0.3) is 0 Å². The van der Waals surface area contributed by atoms with Crippen molar-refractivity contribution in [3.8, 4) is 17.4 Å². The number of piperazine rings is 1. The average molecular weight is 469 g/mol. The molecule has 3 aromatic rings. The summed E-state index contributed by atoms with van der Waals surface area (Å²) in [5.41, 5.74) is 0.416. The molecule has 0 aliphatic carbocycles. The minimum Gasteiger partial charge on any atom is -0.439 e. The molecule has 2 aromatic carbocycles. The maximum absolute atomic E-state index is 12.7. The Hall–Kier alpha value is -3.59. The molecule has 0 radical (unpaired) electrons. The van der Waals surface area contributed by atoms with Crippen molar-refractivity contribution < 1.29 is 27.4 Å². The molecule has 2 fully saturated rings. The predicted molar refractivity (Wildman–Crippen MR) is 118 cm³/mol. The van der Waals surface area contributed by atoms with Crippen molar-refractivity contribution in [3.63, 3.8) is 0 Å². The minimum atomic E-state index is -4.45. The molecule has 176 valence electrons. The van der Waals surface area contributed by atoms with E-state index in [0.717, 1.165) is 37.8 Å². The van der Waals surface area contributed by atoms with Crippen LogP contribution < -0.4 is 9.47 Å². The molecule has 2 saturated heterocycles. The van der Waals surface area contributed by atoms with Crippen LogP contribution in [0.2, 0.25) is 0 Å². The van der Waals surface area contributed by atoms with Gasteiger partial charge in [0.1, 0.15) is 11.5 Å². The van der Waals surface area contributed by atoms with Crippen LogP contribution in [0.5, 0.6) is 17.4 Å². The number of aromatic nitrogens is 1. The number of hydrogen-bond donors (Lipinski definition) is 0. The zero-order valence-corrected chi connectivity index (χ0v) is 18.1. The number of nitrogens with zero attached hydrogens (tertiary/aromatic N) is 3. The van der Waals surface area contributed by atoms with Gasteiger partial charge in [-0.2, -0.15) is 13.2 Å². The number of rotatable bonds is 5. The molecule has 0 spiro atoms. The van der Waals surface area contributed by atoms with E-state index in [-0.39, 0.29) is 18.0 Å². The summed E-state index contributed by atoms with van der Waals surface area (Å²) in [4.78, 5) is 20.6. The number of carbonyl (C=O) groups is 1. The van der Waals surface area contributed by atoms with E-state index in [4.69, 9.17) is 9.47 Å². The van der Waals surface area contributed by atoms with Gasteiger partial charge in [-0.05, 0) is 42.3 Å². The lowest BCUT2D eigenvalue weighted by Crippen LogP contribution is -2.49. The van der Waals surface area contributed by atoms with E-state index < -0.39 is 11.7 Å². The molecule has 9 heteroatoms. The zero-order chi connectivity index (χ0) is 23.7. The number of pyridine rings is 1. The fraction of sp³-hybridized carbons (Fsp3) is 0.280. The van der Waals surface area contributed by atoms with Crippen LogP contribution in [0.15, 0.2) is 72.9 Å². The summed E-state index contributed by atoms with van der Waals surface area (Å²) >= 11 is 0. The quantitative estimate of drug-likeness (QED) is 0.504. The maximum atomic E-state index is 12.7. The van der Waals surface area contributed by atoms with Gasteiger partial charge in [0.2, 0.25) is 5.88 Å². The first kappa shape index (κ1) is 22.2. The lowest BCUT2D eigenvalue weighted by molar-refractivity contribution is -0.137. The normalized spacial score (nSPS) is 19.9. The van der Waals surface area contributed by atoms with Crippen LogP contribution in [0.4, 0.5) is 18.0 Å². The molecule has 0 N–H and O–H groups in total. The van der Waals surface area contributed by atoms with Crippen molar-refractivity contribution in [3.05, 3.63) is 84.1 Å². The SMILES string of the molecule is O=C(Oc1ccc(Oc2ccc(C(F)(F)F)cn2)cc1)N1CC2CC1CN2Cc1ccccc1. The Labute approximate surface area is 194 Å². The number of alkyl halides is 3. The Morgan fingerprint density at radius 2 is 1.68 bits per heavy atom. The van der Waals surface area contributed by atoms with Gasteiger partial charge in [0.15, 0.2) is 0 Å². The van der Waals surface area contributed by atoms with E-state index in [1.54, 1.807) is 29.2 Å². The summed E-state index contributed by atoms with van der Waals surface area (Å²) in [5, 5.41) is 0. The van der Waals surface area contributed by atoms with E-state index in [2.05, 4.69) is 22.0 Å². The van der Waals surface area contributed by atoms with E-state index in [1.165, 1.54) is 5.56 Å². The average Bonchev–Trinajstić information content (AvgIpc) is 3.42. The predicted octanol–water partition coefficient (Wildman–Crippen LogP) is 5.35. The van der Waals surface area contributed by atoms with Gasteiger partial charge in [-0.3, -0.25) is 4.90 Å². The van der Waals surface area contributed by atoms with Crippen LogP contribution >= 0.6 is 0 Å². The molecule has 2 aliphatic rings. The number of hydrogen-bond acceptors (Lipinski definition) is 5. The Balaban J connectivity index is 1.13. The molecule has 34 heavy (non-hydrogen) atoms. The van der Waals surface area contributed by atoms with Crippen LogP contribution in [0.25, 0.3) is 0 Å². The van der Waals surface area contributed by atoms with Crippen LogP contribution in [0, 0.1) is 0 Å². The molecule has 1 aromatic heterocycles. The molecular formula is C25H22F3N3O3. The van der Waals surface area contributed by atoms with Gasteiger partial charge in [-0.25, -0.2) is 9.78 Å². The summed E-state index contributed by atoms with van der Waals surface area (Å²) in [6.45, 7) is 2.33. The van der Waals surface area contributed by atoms with Gasteiger partial charge >= 0.3 is 12.3 Å². The molecule has 2 atom stereocenters. The van der Waals surface area contributed by atoms with Crippen molar-refractivity contribution in [2.75, 3.05) is 13.1 Å². The highest BCUT2D eigenvalue weighted by Crippen LogP contribution is 2.33. The standard InChI is InChI=1S/C25H22F3N3O3/c26-25(27,28)18-6-11-23(29-13-18)33-21-7-9-22(10-8-21)34-24(32)31-16-19-12-20(31)15-30(19)14-17-4-2-1-3-5-17/h1-11,13,19-20H,12,14-16H2. The highest BCUT2D eigenvalue weighted by atomic mass is 19.4. The summed E-state index contributed by atoms with van der Waals surface area (Å²) in [6.07, 6.45) is -3.18. The number of halogens is 3. The molecule has 0 saturated carbocycles. The number of carbonyl (C=O) groups excluding carboxylic acids is 1. The lowest BCUT2D eigenvalue weighted by atomic mass is 10.2. The van der Waals surface area contributed by atoms with Crippen molar-refractivity contribution in [1.82, 2.24) is 14.8 Å². The second-order valence-electron chi connectivity index (χ2n) is 8.44. The molecule has 3 heterocycles. The third-order valence-corrected chi connectivity index (χ3v) is 6.13. The smallest absolute Gasteiger partial charge is 0.417 e. The van der Waals surface area contributed by atoms with Gasteiger partial charge in [0.05, 0.1) is 5.56 Å². The molecule has 5 rings (SSSR count). The number of ether oxygens (including phenoxy) is 2.